The van der Waals surface area contributed by atoms with Crippen LogP contribution in [0.3, 0.4) is 0 Å². The van der Waals surface area contributed by atoms with Gasteiger partial charge in [-0.3, -0.25) is 9.88 Å². The van der Waals surface area contributed by atoms with Crippen LogP contribution in [0.2, 0.25) is 0 Å². The largest absolute Gasteiger partial charge is 0.385 e. The summed E-state index contributed by atoms with van der Waals surface area (Å²) in [6, 6.07) is 15.7. The lowest BCUT2D eigenvalue weighted by Crippen LogP contribution is -2.56. The van der Waals surface area contributed by atoms with E-state index in [1.54, 1.807) is 0 Å². The molecular weight excluding hydrogens is 296 g/mol. The molecule has 3 heterocycles. The van der Waals surface area contributed by atoms with Crippen molar-refractivity contribution in [3.8, 4) is 0 Å². The summed E-state index contributed by atoms with van der Waals surface area (Å²) < 4.78 is 0. The van der Waals surface area contributed by atoms with Crippen molar-refractivity contribution >= 4 is 0 Å². The lowest BCUT2D eigenvalue weighted by molar-refractivity contribution is -0.100. The molecule has 0 saturated carbocycles. The van der Waals surface area contributed by atoms with Gasteiger partial charge in [0.15, 0.2) is 0 Å². The van der Waals surface area contributed by atoms with Crippen molar-refractivity contribution in [3.63, 3.8) is 0 Å². The highest BCUT2D eigenvalue weighted by atomic mass is 16.3. The molecule has 24 heavy (non-hydrogen) atoms. The zero-order chi connectivity index (χ0) is 16.6. The van der Waals surface area contributed by atoms with Gasteiger partial charge in [-0.2, -0.15) is 0 Å². The first kappa shape index (κ1) is 15.8. The number of aliphatic hydroxyl groups is 1. The number of rotatable bonds is 3. The Hall–Kier alpha value is -1.71. The Morgan fingerprint density at radius 2 is 1.79 bits per heavy atom. The van der Waals surface area contributed by atoms with Crippen molar-refractivity contribution in [1.29, 1.82) is 0 Å². The fraction of sp³-hybridized carbons (Fsp3) is 0.476. The third-order valence-corrected chi connectivity index (χ3v) is 5.82. The molecule has 0 radical (unpaired) electrons. The van der Waals surface area contributed by atoms with Gasteiger partial charge in [-0.15, -0.1) is 0 Å². The number of piperidine rings is 2. The van der Waals surface area contributed by atoms with E-state index in [0.717, 1.165) is 30.6 Å². The van der Waals surface area contributed by atoms with Gasteiger partial charge in [-0.25, -0.2) is 0 Å². The normalized spacial score (nSPS) is 30.2. The van der Waals surface area contributed by atoms with Gasteiger partial charge in [-0.05, 0) is 44.2 Å². The monoisotopic (exact) mass is 322 g/mol. The number of nitrogens with zero attached hydrogens (tertiary/aromatic N) is 2. The van der Waals surface area contributed by atoms with Gasteiger partial charge in [0.05, 0.1) is 5.60 Å². The van der Waals surface area contributed by atoms with Crippen LogP contribution in [0.15, 0.2) is 48.7 Å². The second-order valence-corrected chi connectivity index (χ2v) is 7.52. The number of fused-ring (bicyclic) bond motifs is 2. The smallest absolute Gasteiger partial charge is 0.0941 e. The molecule has 3 heteroatoms. The topological polar surface area (TPSA) is 36.4 Å². The van der Waals surface area contributed by atoms with E-state index >= 15 is 0 Å². The van der Waals surface area contributed by atoms with Crippen LogP contribution in [0.25, 0.3) is 0 Å². The van der Waals surface area contributed by atoms with Crippen molar-refractivity contribution in [3.05, 3.63) is 65.5 Å². The number of hydrogen-bond donors (Lipinski definition) is 1. The standard InChI is InChI=1S/C21H26N2O/c1-16-10-11-18(14-22-16)21(24)12-19-8-5-9-20(13-21)23(19)15-17-6-3-2-4-7-17/h2-4,6-7,10-11,14,19-20,24H,5,8-9,12-13,15H2,1H3. The van der Waals surface area contributed by atoms with Crippen LogP contribution >= 0.6 is 0 Å². The first-order chi connectivity index (χ1) is 11.6. The van der Waals surface area contributed by atoms with Crippen molar-refractivity contribution in [2.24, 2.45) is 0 Å². The Bertz CT molecular complexity index is 669. The first-order valence-electron chi connectivity index (χ1n) is 9.09. The van der Waals surface area contributed by atoms with Crippen LogP contribution in [0.5, 0.6) is 0 Å². The fourth-order valence-electron chi connectivity index (χ4n) is 4.55. The molecule has 2 fully saturated rings. The van der Waals surface area contributed by atoms with Crippen molar-refractivity contribution in [2.75, 3.05) is 0 Å². The molecule has 2 unspecified atom stereocenters. The number of aryl methyl sites for hydroxylation is 1. The van der Waals surface area contributed by atoms with Gasteiger partial charge in [0, 0.05) is 36.1 Å². The van der Waals surface area contributed by atoms with Crippen LogP contribution in [0.1, 0.15) is 48.9 Å². The average molecular weight is 322 g/mol. The van der Waals surface area contributed by atoms with E-state index in [1.165, 1.54) is 24.8 Å². The molecule has 3 nitrogen and oxygen atoms in total. The van der Waals surface area contributed by atoms with Crippen LogP contribution in [0, 0.1) is 6.92 Å². The van der Waals surface area contributed by atoms with Gasteiger partial charge in [0.2, 0.25) is 0 Å². The van der Waals surface area contributed by atoms with Crippen LogP contribution < -0.4 is 0 Å². The van der Waals surface area contributed by atoms with Crippen molar-refractivity contribution < 1.29 is 5.11 Å². The molecule has 2 aliphatic heterocycles. The number of pyridine rings is 1. The predicted octanol–water partition coefficient (Wildman–Crippen LogP) is 3.79. The van der Waals surface area contributed by atoms with E-state index in [4.69, 9.17) is 0 Å². The van der Waals surface area contributed by atoms with Gasteiger partial charge < -0.3 is 5.11 Å². The predicted molar refractivity (Wildman–Crippen MR) is 95.5 cm³/mol. The summed E-state index contributed by atoms with van der Waals surface area (Å²) in [4.78, 5) is 7.04. The van der Waals surface area contributed by atoms with E-state index in [-0.39, 0.29) is 0 Å². The Balaban J connectivity index is 1.57. The highest BCUT2D eigenvalue weighted by Gasteiger charge is 2.46. The Kier molecular flexibility index (Phi) is 4.15. The maximum Gasteiger partial charge on any atom is 0.0941 e. The minimum Gasteiger partial charge on any atom is -0.385 e. The molecule has 2 bridgehead atoms. The maximum atomic E-state index is 11.4. The SMILES string of the molecule is Cc1ccc(C2(O)CC3CCCC(C2)N3Cc2ccccc2)cn1. The summed E-state index contributed by atoms with van der Waals surface area (Å²) in [5.74, 6) is 0. The van der Waals surface area contributed by atoms with Crippen LogP contribution in [-0.4, -0.2) is 27.1 Å². The van der Waals surface area contributed by atoms with Crippen molar-refractivity contribution in [2.45, 2.75) is 63.3 Å². The van der Waals surface area contributed by atoms with E-state index in [1.807, 2.05) is 19.2 Å². The molecule has 126 valence electrons. The molecule has 4 rings (SSSR count). The quantitative estimate of drug-likeness (QED) is 0.934. The van der Waals surface area contributed by atoms with Gasteiger partial charge in [0.1, 0.15) is 0 Å². The lowest BCUT2D eigenvalue weighted by Gasteiger charge is -2.52. The zero-order valence-electron chi connectivity index (χ0n) is 14.4. The minimum atomic E-state index is -0.719. The summed E-state index contributed by atoms with van der Waals surface area (Å²) in [5.41, 5.74) is 2.65. The van der Waals surface area contributed by atoms with Crippen molar-refractivity contribution in [1.82, 2.24) is 9.88 Å². The molecule has 2 saturated heterocycles. The van der Waals surface area contributed by atoms with E-state index < -0.39 is 5.60 Å². The summed E-state index contributed by atoms with van der Waals surface area (Å²) >= 11 is 0. The number of hydrogen-bond acceptors (Lipinski definition) is 3. The Labute approximate surface area is 144 Å². The summed E-state index contributed by atoms with van der Waals surface area (Å²) in [5, 5.41) is 11.4. The Morgan fingerprint density at radius 1 is 1.08 bits per heavy atom. The molecule has 2 atom stereocenters. The van der Waals surface area contributed by atoms with E-state index in [0.29, 0.717) is 12.1 Å². The van der Waals surface area contributed by atoms with Crippen LogP contribution in [0.4, 0.5) is 0 Å². The highest BCUT2D eigenvalue weighted by Crippen LogP contribution is 2.44. The maximum absolute atomic E-state index is 11.4. The second-order valence-electron chi connectivity index (χ2n) is 7.52. The lowest BCUT2D eigenvalue weighted by atomic mass is 9.72. The fourth-order valence-corrected chi connectivity index (χ4v) is 4.55. The average Bonchev–Trinajstić information content (AvgIpc) is 2.57. The van der Waals surface area contributed by atoms with E-state index in [9.17, 15) is 5.11 Å². The molecule has 0 amide bonds. The molecule has 0 aliphatic carbocycles. The van der Waals surface area contributed by atoms with E-state index in [2.05, 4.69) is 46.3 Å². The molecule has 1 aromatic heterocycles. The summed E-state index contributed by atoms with van der Waals surface area (Å²) in [6.07, 6.45) is 7.17. The van der Waals surface area contributed by atoms with Gasteiger partial charge >= 0.3 is 0 Å². The van der Waals surface area contributed by atoms with Crippen LogP contribution in [-0.2, 0) is 12.1 Å². The van der Waals surface area contributed by atoms with Gasteiger partial charge in [0.25, 0.3) is 0 Å². The molecule has 2 aliphatic rings. The highest BCUT2D eigenvalue weighted by molar-refractivity contribution is 5.24. The summed E-state index contributed by atoms with van der Waals surface area (Å²) in [6.45, 7) is 2.99. The van der Waals surface area contributed by atoms with Gasteiger partial charge in [-0.1, -0.05) is 42.8 Å². The zero-order valence-corrected chi connectivity index (χ0v) is 14.4. The number of aromatic nitrogens is 1. The molecule has 0 spiro atoms. The third-order valence-electron chi connectivity index (χ3n) is 5.82. The molecule has 1 N–H and O–H groups in total. The number of benzene rings is 1. The second kappa shape index (κ2) is 6.30. The third kappa shape index (κ3) is 2.99. The molecule has 2 aromatic rings. The molecular formula is C21H26N2O. The summed E-state index contributed by atoms with van der Waals surface area (Å²) in [7, 11) is 0. The minimum absolute atomic E-state index is 0.462. The molecule has 1 aromatic carbocycles. The first-order valence-corrected chi connectivity index (χ1v) is 9.09. The Morgan fingerprint density at radius 3 is 2.42 bits per heavy atom.